The van der Waals surface area contributed by atoms with Gasteiger partial charge in [0.05, 0.1) is 12.7 Å². The fourth-order valence-corrected chi connectivity index (χ4v) is 0.882. The van der Waals surface area contributed by atoms with Gasteiger partial charge in [0.1, 0.15) is 0 Å². The molecule has 0 atom stereocenters. The highest BCUT2D eigenvalue weighted by atomic mass is 16.5. The molecule has 0 aliphatic rings. The summed E-state index contributed by atoms with van der Waals surface area (Å²) in [4.78, 5) is 0. The molecule has 0 aromatic heterocycles. The van der Waals surface area contributed by atoms with Crippen molar-refractivity contribution in [3.05, 3.63) is 0 Å². The van der Waals surface area contributed by atoms with E-state index in [9.17, 15) is 0 Å². The summed E-state index contributed by atoms with van der Waals surface area (Å²) < 4.78 is 5.37. The van der Waals surface area contributed by atoms with E-state index in [1.54, 1.807) is 0 Å². The molecule has 0 saturated carbocycles. The van der Waals surface area contributed by atoms with Crippen molar-refractivity contribution in [1.29, 1.82) is 0 Å². The van der Waals surface area contributed by atoms with E-state index in [1.165, 1.54) is 6.42 Å². The number of nitrogens with one attached hydrogen (secondary N) is 2. The van der Waals surface area contributed by atoms with Crippen LogP contribution < -0.4 is 10.6 Å². The van der Waals surface area contributed by atoms with Crippen LogP contribution in [0.5, 0.6) is 0 Å². The van der Waals surface area contributed by atoms with Gasteiger partial charge in [-0.3, -0.25) is 0 Å². The molecule has 0 rings (SSSR count). The van der Waals surface area contributed by atoms with Gasteiger partial charge in [-0.1, -0.05) is 0 Å². The van der Waals surface area contributed by atoms with E-state index in [-0.39, 0.29) is 0 Å². The van der Waals surface area contributed by atoms with Crippen LogP contribution in [0.4, 0.5) is 0 Å². The Morgan fingerprint density at radius 2 is 1.92 bits per heavy atom. The van der Waals surface area contributed by atoms with E-state index in [4.69, 9.17) is 4.74 Å². The Bertz CT molecular complexity index is 86.6. The van der Waals surface area contributed by atoms with Crippen LogP contribution in [0.3, 0.4) is 0 Å². The fraction of sp³-hybridized carbons (Fsp3) is 1.00. The van der Waals surface area contributed by atoms with Crippen molar-refractivity contribution in [1.82, 2.24) is 10.6 Å². The highest BCUT2D eigenvalue weighted by Gasteiger charge is 1.91. The molecule has 0 aliphatic carbocycles. The van der Waals surface area contributed by atoms with E-state index in [2.05, 4.69) is 24.5 Å². The Hall–Kier alpha value is -0.120. The maximum absolute atomic E-state index is 5.37. The van der Waals surface area contributed by atoms with Gasteiger partial charge in [-0.2, -0.15) is 0 Å². The molecule has 0 fully saturated rings. The molecule has 0 bridgehead atoms. The molecule has 0 radical (unpaired) electrons. The molecule has 2 N–H and O–H groups in total. The first kappa shape index (κ1) is 11.9. The largest absolute Gasteiger partial charge is 0.377 e. The zero-order valence-electron chi connectivity index (χ0n) is 8.52. The van der Waals surface area contributed by atoms with Gasteiger partial charge in [0, 0.05) is 6.54 Å². The van der Waals surface area contributed by atoms with E-state index in [0.29, 0.717) is 6.10 Å². The molecule has 3 nitrogen and oxygen atoms in total. The molecule has 0 saturated heterocycles. The number of ether oxygens (including phenoxy) is 1. The van der Waals surface area contributed by atoms with Crippen LogP contribution in [-0.2, 0) is 4.74 Å². The second kappa shape index (κ2) is 8.97. The molecule has 0 heterocycles. The van der Waals surface area contributed by atoms with Crippen LogP contribution >= 0.6 is 0 Å². The zero-order valence-corrected chi connectivity index (χ0v) is 8.52. The molecule has 0 aromatic rings. The molecule has 74 valence electrons. The molecular formula is C9H22N2O. The first-order valence-electron chi connectivity index (χ1n) is 4.74. The lowest BCUT2D eigenvalue weighted by Gasteiger charge is -2.08. The molecule has 0 aromatic carbocycles. The monoisotopic (exact) mass is 174 g/mol. The summed E-state index contributed by atoms with van der Waals surface area (Å²) in [6.07, 6.45) is 1.53. The molecular weight excluding hydrogens is 152 g/mol. The SMILES string of the molecule is CNCCCNCCOC(C)C. The predicted octanol–water partition coefficient (Wildman–Crippen LogP) is 0.611. The molecule has 0 spiro atoms. The van der Waals surface area contributed by atoms with Crippen molar-refractivity contribution in [2.24, 2.45) is 0 Å². The lowest BCUT2D eigenvalue weighted by atomic mass is 10.4. The number of hydrogen-bond donors (Lipinski definition) is 2. The second-order valence-corrected chi connectivity index (χ2v) is 3.13. The standard InChI is InChI=1S/C9H22N2O/c1-9(2)12-8-7-11-6-4-5-10-3/h9-11H,4-8H2,1-3H3. The smallest absolute Gasteiger partial charge is 0.0594 e. The van der Waals surface area contributed by atoms with Crippen molar-refractivity contribution < 1.29 is 4.74 Å². The Morgan fingerprint density at radius 1 is 1.17 bits per heavy atom. The highest BCUT2D eigenvalue weighted by molar-refractivity contribution is 4.49. The Labute approximate surface area is 75.9 Å². The average molecular weight is 174 g/mol. The Morgan fingerprint density at radius 3 is 2.50 bits per heavy atom. The van der Waals surface area contributed by atoms with Crippen LogP contribution in [0.1, 0.15) is 20.3 Å². The molecule has 0 unspecified atom stereocenters. The predicted molar refractivity (Wildman–Crippen MR) is 52.5 cm³/mol. The summed E-state index contributed by atoms with van der Waals surface area (Å²) in [5, 5.41) is 6.42. The number of hydrogen-bond acceptors (Lipinski definition) is 3. The zero-order chi connectivity index (χ0) is 9.23. The van der Waals surface area contributed by atoms with Gasteiger partial charge in [0.2, 0.25) is 0 Å². The van der Waals surface area contributed by atoms with Gasteiger partial charge < -0.3 is 15.4 Å². The topological polar surface area (TPSA) is 33.3 Å². The third-order valence-electron chi connectivity index (χ3n) is 1.51. The van der Waals surface area contributed by atoms with Gasteiger partial charge in [-0.05, 0) is 40.4 Å². The summed E-state index contributed by atoms with van der Waals surface area (Å²) >= 11 is 0. The second-order valence-electron chi connectivity index (χ2n) is 3.13. The van der Waals surface area contributed by atoms with Gasteiger partial charge in [0.25, 0.3) is 0 Å². The summed E-state index contributed by atoms with van der Waals surface area (Å²) in [6, 6.07) is 0. The maximum atomic E-state index is 5.37. The normalized spacial score (nSPS) is 11.0. The lowest BCUT2D eigenvalue weighted by molar-refractivity contribution is 0.0809. The van der Waals surface area contributed by atoms with E-state index in [1.807, 2.05) is 7.05 Å². The maximum Gasteiger partial charge on any atom is 0.0594 e. The van der Waals surface area contributed by atoms with E-state index < -0.39 is 0 Å². The lowest BCUT2D eigenvalue weighted by Crippen LogP contribution is -2.24. The molecule has 12 heavy (non-hydrogen) atoms. The van der Waals surface area contributed by atoms with Crippen molar-refractivity contribution >= 4 is 0 Å². The summed E-state index contributed by atoms with van der Waals surface area (Å²) in [5.41, 5.74) is 0. The fourth-order valence-electron chi connectivity index (χ4n) is 0.882. The molecule has 0 aliphatic heterocycles. The number of rotatable bonds is 8. The Balaban J connectivity index is 2.82. The van der Waals surface area contributed by atoms with Gasteiger partial charge in [-0.15, -0.1) is 0 Å². The van der Waals surface area contributed by atoms with Gasteiger partial charge >= 0.3 is 0 Å². The first-order chi connectivity index (χ1) is 5.77. The minimum Gasteiger partial charge on any atom is -0.377 e. The van der Waals surface area contributed by atoms with Crippen molar-refractivity contribution in [3.63, 3.8) is 0 Å². The van der Waals surface area contributed by atoms with Crippen molar-refractivity contribution in [2.75, 3.05) is 33.3 Å². The summed E-state index contributed by atoms with van der Waals surface area (Å²) in [7, 11) is 1.97. The quantitative estimate of drug-likeness (QED) is 0.529. The van der Waals surface area contributed by atoms with Crippen LogP contribution in [0.15, 0.2) is 0 Å². The molecule has 0 amide bonds. The summed E-state index contributed by atoms with van der Waals surface area (Å²) in [5.74, 6) is 0. The minimum absolute atomic E-state index is 0.351. The van der Waals surface area contributed by atoms with Crippen LogP contribution in [0, 0.1) is 0 Å². The average Bonchev–Trinajstić information content (AvgIpc) is 2.02. The summed E-state index contributed by atoms with van der Waals surface area (Å²) in [6.45, 7) is 8.04. The Kier molecular flexibility index (Phi) is 8.88. The van der Waals surface area contributed by atoms with E-state index in [0.717, 1.165) is 26.2 Å². The van der Waals surface area contributed by atoms with Crippen LogP contribution in [0.25, 0.3) is 0 Å². The minimum atomic E-state index is 0.351. The third kappa shape index (κ3) is 9.88. The molecule has 3 heteroatoms. The van der Waals surface area contributed by atoms with Crippen LogP contribution in [0.2, 0.25) is 0 Å². The van der Waals surface area contributed by atoms with Crippen LogP contribution in [-0.4, -0.2) is 39.4 Å². The van der Waals surface area contributed by atoms with Crippen molar-refractivity contribution in [3.8, 4) is 0 Å². The third-order valence-corrected chi connectivity index (χ3v) is 1.51. The van der Waals surface area contributed by atoms with E-state index >= 15 is 0 Å². The highest BCUT2D eigenvalue weighted by Crippen LogP contribution is 1.84. The van der Waals surface area contributed by atoms with Crippen molar-refractivity contribution in [2.45, 2.75) is 26.4 Å². The first-order valence-corrected chi connectivity index (χ1v) is 4.74. The van der Waals surface area contributed by atoms with Gasteiger partial charge in [-0.25, -0.2) is 0 Å². The van der Waals surface area contributed by atoms with Gasteiger partial charge in [0.15, 0.2) is 0 Å².